The first kappa shape index (κ1) is 17.6. The molecule has 2 heterocycles. The van der Waals surface area contributed by atoms with Crippen LogP contribution < -0.4 is 5.32 Å². The number of amides is 1. The molecule has 1 N–H and O–H groups in total. The van der Waals surface area contributed by atoms with Gasteiger partial charge in [-0.1, -0.05) is 52.6 Å². The van der Waals surface area contributed by atoms with Crippen molar-refractivity contribution in [3.05, 3.63) is 69.4 Å². The van der Waals surface area contributed by atoms with Gasteiger partial charge in [0.15, 0.2) is 0 Å². The van der Waals surface area contributed by atoms with Crippen molar-refractivity contribution < 1.29 is 18.8 Å². The van der Waals surface area contributed by atoms with Crippen molar-refractivity contribution in [1.29, 1.82) is 0 Å². The number of para-hydroxylation sites is 1. The van der Waals surface area contributed by atoms with Crippen LogP contribution in [0.5, 0.6) is 0 Å². The standard InChI is InChI=1S/C19H12Cl2N2O4/c1-9-14(16(23-27-9)15-11(20)6-4-7-12(15)21)19(25)26-17-10-5-2-3-8-13(10)22-18(17)24/h2-8,17H,1H3,(H,22,24). The number of ether oxygens (including phenoxy) is 1. The van der Waals surface area contributed by atoms with Gasteiger partial charge < -0.3 is 14.6 Å². The molecule has 1 amide bonds. The Kier molecular flexibility index (Phi) is 4.37. The van der Waals surface area contributed by atoms with E-state index in [-0.39, 0.29) is 17.0 Å². The second kappa shape index (κ2) is 6.72. The maximum atomic E-state index is 12.9. The molecule has 1 aromatic heterocycles. The van der Waals surface area contributed by atoms with Crippen LogP contribution >= 0.6 is 23.2 Å². The third-order valence-electron chi connectivity index (χ3n) is 4.23. The zero-order chi connectivity index (χ0) is 19.1. The molecule has 8 heteroatoms. The number of carbonyl (C=O) groups is 2. The third-order valence-corrected chi connectivity index (χ3v) is 4.86. The summed E-state index contributed by atoms with van der Waals surface area (Å²) in [5.74, 6) is -0.940. The van der Waals surface area contributed by atoms with E-state index in [1.165, 1.54) is 0 Å². The van der Waals surface area contributed by atoms with Crippen LogP contribution in [0, 0.1) is 6.92 Å². The predicted molar refractivity (Wildman–Crippen MR) is 99.9 cm³/mol. The molecule has 0 saturated heterocycles. The molecule has 4 rings (SSSR count). The molecule has 3 aromatic rings. The average Bonchev–Trinajstić information content (AvgIpc) is 3.15. The molecule has 0 bridgehead atoms. The van der Waals surface area contributed by atoms with Crippen LogP contribution in [0.4, 0.5) is 5.69 Å². The van der Waals surface area contributed by atoms with E-state index in [0.717, 1.165) is 0 Å². The number of fused-ring (bicyclic) bond motifs is 1. The Hall–Kier alpha value is -2.83. The maximum absolute atomic E-state index is 12.9. The van der Waals surface area contributed by atoms with Crippen molar-refractivity contribution >= 4 is 40.8 Å². The van der Waals surface area contributed by atoms with E-state index in [0.29, 0.717) is 26.9 Å². The number of benzene rings is 2. The van der Waals surface area contributed by atoms with Crippen LogP contribution in [-0.2, 0) is 9.53 Å². The molecular weight excluding hydrogens is 391 g/mol. The minimum atomic E-state index is -1.06. The van der Waals surface area contributed by atoms with E-state index in [1.54, 1.807) is 49.4 Å². The molecule has 0 saturated carbocycles. The number of esters is 1. The lowest BCUT2D eigenvalue weighted by molar-refractivity contribution is -0.124. The first-order valence-electron chi connectivity index (χ1n) is 7.99. The van der Waals surface area contributed by atoms with E-state index >= 15 is 0 Å². The van der Waals surface area contributed by atoms with Gasteiger partial charge in [0.2, 0.25) is 6.10 Å². The average molecular weight is 403 g/mol. The molecule has 0 aliphatic carbocycles. The molecule has 0 fully saturated rings. The van der Waals surface area contributed by atoms with E-state index < -0.39 is 18.0 Å². The molecule has 1 aliphatic heterocycles. The van der Waals surface area contributed by atoms with E-state index in [1.807, 2.05) is 0 Å². The lowest BCUT2D eigenvalue weighted by Crippen LogP contribution is -2.19. The van der Waals surface area contributed by atoms with E-state index in [4.69, 9.17) is 32.5 Å². The monoisotopic (exact) mass is 402 g/mol. The van der Waals surface area contributed by atoms with Crippen LogP contribution in [0.25, 0.3) is 11.3 Å². The highest BCUT2D eigenvalue weighted by Crippen LogP contribution is 2.38. The number of hydrogen-bond acceptors (Lipinski definition) is 5. The summed E-state index contributed by atoms with van der Waals surface area (Å²) in [7, 11) is 0. The van der Waals surface area contributed by atoms with Gasteiger partial charge in [-0.05, 0) is 25.1 Å². The first-order valence-corrected chi connectivity index (χ1v) is 8.74. The zero-order valence-electron chi connectivity index (χ0n) is 14.0. The summed E-state index contributed by atoms with van der Waals surface area (Å²) in [5.41, 5.74) is 1.79. The second-order valence-electron chi connectivity index (χ2n) is 5.92. The second-order valence-corrected chi connectivity index (χ2v) is 6.74. The molecule has 0 radical (unpaired) electrons. The lowest BCUT2D eigenvalue weighted by Gasteiger charge is -2.11. The van der Waals surface area contributed by atoms with Gasteiger partial charge in [-0.2, -0.15) is 0 Å². The summed E-state index contributed by atoms with van der Waals surface area (Å²) >= 11 is 12.5. The number of anilines is 1. The molecule has 6 nitrogen and oxygen atoms in total. The highest BCUT2D eigenvalue weighted by atomic mass is 35.5. The number of rotatable bonds is 3. The minimum absolute atomic E-state index is 0.0715. The van der Waals surface area contributed by atoms with Crippen LogP contribution in [-0.4, -0.2) is 17.0 Å². The number of nitrogens with zero attached hydrogens (tertiary/aromatic N) is 1. The van der Waals surface area contributed by atoms with Crippen molar-refractivity contribution in [3.63, 3.8) is 0 Å². The predicted octanol–water partition coefficient (Wildman–Crippen LogP) is 4.81. The van der Waals surface area contributed by atoms with Gasteiger partial charge in [0.25, 0.3) is 5.91 Å². The Bertz CT molecular complexity index is 1060. The van der Waals surface area contributed by atoms with Crippen LogP contribution in [0.3, 0.4) is 0 Å². The smallest absolute Gasteiger partial charge is 0.345 e. The van der Waals surface area contributed by atoms with Crippen LogP contribution in [0.2, 0.25) is 10.0 Å². The Morgan fingerprint density at radius 1 is 1.15 bits per heavy atom. The van der Waals surface area contributed by atoms with Gasteiger partial charge in [-0.25, -0.2) is 4.79 Å². The van der Waals surface area contributed by atoms with Crippen molar-refractivity contribution in [3.8, 4) is 11.3 Å². The number of halogens is 2. The number of carbonyl (C=O) groups excluding carboxylic acids is 2. The number of hydrogen-bond donors (Lipinski definition) is 1. The van der Waals surface area contributed by atoms with Crippen LogP contribution in [0.15, 0.2) is 47.0 Å². The highest BCUT2D eigenvalue weighted by molar-refractivity contribution is 6.39. The molecule has 1 atom stereocenters. The van der Waals surface area contributed by atoms with E-state index in [2.05, 4.69) is 10.5 Å². The fraction of sp³-hybridized carbons (Fsp3) is 0.105. The van der Waals surface area contributed by atoms with Gasteiger partial charge >= 0.3 is 5.97 Å². The van der Waals surface area contributed by atoms with Gasteiger partial charge in [0, 0.05) is 16.8 Å². The van der Waals surface area contributed by atoms with Gasteiger partial charge in [-0.3, -0.25) is 4.79 Å². The Balaban J connectivity index is 1.72. The fourth-order valence-electron chi connectivity index (χ4n) is 2.97. The largest absolute Gasteiger partial charge is 0.443 e. The van der Waals surface area contributed by atoms with Gasteiger partial charge in [0.1, 0.15) is 17.0 Å². The summed E-state index contributed by atoms with van der Waals surface area (Å²) < 4.78 is 10.7. The van der Waals surface area contributed by atoms with Gasteiger partial charge in [-0.15, -0.1) is 0 Å². The number of nitrogens with one attached hydrogen (secondary N) is 1. The zero-order valence-corrected chi connectivity index (χ0v) is 15.5. The first-order chi connectivity index (χ1) is 13.0. The normalized spacial score (nSPS) is 15.4. The number of aryl methyl sites for hydroxylation is 1. The quantitative estimate of drug-likeness (QED) is 0.635. The molecule has 1 unspecified atom stereocenters. The number of aromatic nitrogens is 1. The maximum Gasteiger partial charge on any atom is 0.345 e. The Labute approximate surface area is 164 Å². The van der Waals surface area contributed by atoms with Crippen molar-refractivity contribution in [2.75, 3.05) is 5.32 Å². The summed E-state index contributed by atoms with van der Waals surface area (Å²) in [6, 6.07) is 11.9. The lowest BCUT2D eigenvalue weighted by atomic mass is 10.1. The Morgan fingerprint density at radius 2 is 1.85 bits per heavy atom. The molecular formula is C19H12Cl2N2O4. The topological polar surface area (TPSA) is 81.4 Å². The molecule has 27 heavy (non-hydrogen) atoms. The summed E-state index contributed by atoms with van der Waals surface area (Å²) in [6.45, 7) is 1.57. The third kappa shape index (κ3) is 2.97. The van der Waals surface area contributed by atoms with Crippen molar-refractivity contribution in [2.24, 2.45) is 0 Å². The summed E-state index contributed by atoms with van der Waals surface area (Å²) in [6.07, 6.45) is -1.06. The van der Waals surface area contributed by atoms with Crippen molar-refractivity contribution in [2.45, 2.75) is 13.0 Å². The van der Waals surface area contributed by atoms with Crippen molar-refractivity contribution in [1.82, 2.24) is 5.16 Å². The molecule has 136 valence electrons. The fourth-order valence-corrected chi connectivity index (χ4v) is 3.55. The molecule has 0 spiro atoms. The minimum Gasteiger partial charge on any atom is -0.443 e. The molecule has 2 aromatic carbocycles. The summed E-state index contributed by atoms with van der Waals surface area (Å²) in [5, 5.41) is 7.23. The highest BCUT2D eigenvalue weighted by Gasteiger charge is 2.36. The van der Waals surface area contributed by atoms with E-state index in [9.17, 15) is 9.59 Å². The van der Waals surface area contributed by atoms with Gasteiger partial charge in [0.05, 0.1) is 10.0 Å². The SMILES string of the molecule is Cc1onc(-c2c(Cl)cccc2Cl)c1C(=O)OC1C(=O)Nc2ccccc21. The summed E-state index contributed by atoms with van der Waals surface area (Å²) in [4.78, 5) is 25.1. The Morgan fingerprint density at radius 3 is 2.59 bits per heavy atom. The van der Waals surface area contributed by atoms with Crippen LogP contribution in [0.1, 0.15) is 27.8 Å². The molecule has 1 aliphatic rings.